The van der Waals surface area contributed by atoms with Crippen LogP contribution in [0, 0.1) is 0 Å². The van der Waals surface area contributed by atoms with Crippen molar-refractivity contribution in [1.82, 2.24) is 24.9 Å². The molecule has 7 nitrogen and oxygen atoms in total. The van der Waals surface area contributed by atoms with Gasteiger partial charge in [0.05, 0.1) is 11.4 Å². The second-order valence-electron chi connectivity index (χ2n) is 8.82. The number of fused-ring (bicyclic) bond motifs is 1. The van der Waals surface area contributed by atoms with Crippen LogP contribution in [-0.2, 0) is 30.8 Å². The molecule has 4 rings (SSSR count). The first-order valence-corrected chi connectivity index (χ1v) is 12.4. The van der Waals surface area contributed by atoms with E-state index in [-0.39, 0.29) is 12.0 Å². The van der Waals surface area contributed by atoms with Crippen molar-refractivity contribution in [2.45, 2.75) is 71.2 Å². The van der Waals surface area contributed by atoms with Gasteiger partial charge in [0.25, 0.3) is 0 Å². The van der Waals surface area contributed by atoms with Gasteiger partial charge >= 0.3 is 0 Å². The molecule has 0 radical (unpaired) electrons. The van der Waals surface area contributed by atoms with Gasteiger partial charge in [-0.15, -0.1) is 5.10 Å². The molecule has 8 heteroatoms. The van der Waals surface area contributed by atoms with Gasteiger partial charge in [-0.25, -0.2) is 0 Å². The van der Waals surface area contributed by atoms with Crippen molar-refractivity contribution in [3.05, 3.63) is 70.3 Å². The van der Waals surface area contributed by atoms with Gasteiger partial charge in [0.2, 0.25) is 0 Å². The summed E-state index contributed by atoms with van der Waals surface area (Å²) in [6, 6.07) is 10.1. The van der Waals surface area contributed by atoms with Crippen LogP contribution < -0.4 is 4.74 Å². The third-order valence-corrected chi connectivity index (χ3v) is 6.78. The largest absolute Gasteiger partial charge is 0.487 e. The zero-order chi connectivity index (χ0) is 23.9. The summed E-state index contributed by atoms with van der Waals surface area (Å²) in [4.78, 5) is 18.3. The third kappa shape index (κ3) is 6.02. The number of benzene rings is 1. The number of hydrogen-bond donors (Lipinski definition) is 0. The molecule has 0 amide bonds. The molecule has 1 unspecified atom stereocenters. The quantitative estimate of drug-likeness (QED) is 0.386. The number of carbonyl (C=O) groups excluding carboxylic acids is 1. The first-order valence-electron chi connectivity index (χ1n) is 12.0. The van der Waals surface area contributed by atoms with E-state index in [1.165, 1.54) is 0 Å². The van der Waals surface area contributed by atoms with E-state index in [4.69, 9.17) is 16.3 Å². The van der Waals surface area contributed by atoms with E-state index < -0.39 is 0 Å². The number of rotatable bonds is 10. The van der Waals surface area contributed by atoms with Crippen LogP contribution in [0.15, 0.2) is 42.7 Å². The number of carbonyl (C=O) groups is 1. The molecule has 0 saturated carbocycles. The van der Waals surface area contributed by atoms with Gasteiger partial charge in [-0.3, -0.25) is 14.6 Å². The first-order chi connectivity index (χ1) is 16.6. The Morgan fingerprint density at radius 3 is 2.94 bits per heavy atom. The molecule has 1 aromatic carbocycles. The Balaban J connectivity index is 1.51. The van der Waals surface area contributed by atoms with E-state index in [0.29, 0.717) is 19.5 Å². The number of hydrogen-bond acceptors (Lipinski definition) is 6. The summed E-state index contributed by atoms with van der Waals surface area (Å²) in [5, 5.41) is 9.10. The number of aryl methyl sites for hydroxylation is 2. The molecule has 0 spiro atoms. The van der Waals surface area contributed by atoms with Gasteiger partial charge < -0.3 is 9.53 Å². The second-order valence-corrected chi connectivity index (χ2v) is 9.23. The van der Waals surface area contributed by atoms with E-state index in [1.54, 1.807) is 0 Å². The maximum Gasteiger partial charge on any atom is 0.142 e. The van der Waals surface area contributed by atoms with E-state index in [1.807, 2.05) is 48.3 Å². The lowest BCUT2D eigenvalue weighted by molar-refractivity contribution is -0.108. The van der Waals surface area contributed by atoms with Crippen LogP contribution in [0.1, 0.15) is 61.5 Å². The number of aldehydes is 1. The molecule has 0 N–H and O–H groups in total. The molecule has 34 heavy (non-hydrogen) atoms. The normalized spacial score (nSPS) is 17.0. The number of ether oxygens (including phenoxy) is 1. The SMILES string of the molecule is CC[C@@H]1CN(Cc2cc(C(CC=O)CCc3cn(CC)nn3)ccc2Cl)Cc2ncccc2O1. The molecule has 0 saturated heterocycles. The molecule has 0 bridgehead atoms. The fourth-order valence-electron chi connectivity index (χ4n) is 4.44. The molecule has 2 atom stereocenters. The topological polar surface area (TPSA) is 73.1 Å². The predicted octanol–water partition coefficient (Wildman–Crippen LogP) is 4.83. The smallest absolute Gasteiger partial charge is 0.142 e. The van der Waals surface area contributed by atoms with Gasteiger partial charge in [-0.1, -0.05) is 35.9 Å². The van der Waals surface area contributed by atoms with Crippen molar-refractivity contribution in [3.63, 3.8) is 0 Å². The zero-order valence-electron chi connectivity index (χ0n) is 19.9. The Morgan fingerprint density at radius 2 is 2.18 bits per heavy atom. The van der Waals surface area contributed by atoms with E-state index in [0.717, 1.165) is 71.9 Å². The lowest BCUT2D eigenvalue weighted by Crippen LogP contribution is -2.32. The van der Waals surface area contributed by atoms with Crippen LogP contribution in [0.2, 0.25) is 5.02 Å². The van der Waals surface area contributed by atoms with Crippen LogP contribution in [0.25, 0.3) is 0 Å². The van der Waals surface area contributed by atoms with Crippen molar-refractivity contribution in [2.75, 3.05) is 6.54 Å². The highest BCUT2D eigenvalue weighted by molar-refractivity contribution is 6.31. The fourth-order valence-corrected chi connectivity index (χ4v) is 4.62. The Kier molecular flexibility index (Phi) is 8.29. The molecule has 3 heterocycles. The Morgan fingerprint density at radius 1 is 1.29 bits per heavy atom. The third-order valence-electron chi connectivity index (χ3n) is 6.41. The average Bonchev–Trinajstić information content (AvgIpc) is 3.23. The van der Waals surface area contributed by atoms with E-state index >= 15 is 0 Å². The molecule has 0 aliphatic carbocycles. The molecule has 3 aromatic rings. The number of nitrogens with zero attached hydrogens (tertiary/aromatic N) is 5. The average molecular weight is 482 g/mol. The standard InChI is InChI=1S/C26H32ClN5O2/c1-3-23-17-31(18-25-26(34-23)6-5-12-28-25)15-21-14-20(8-10-24(21)27)19(11-13-33)7-9-22-16-32(4-2)30-29-22/h5-6,8,10,12-14,16,19,23H,3-4,7,9,11,15,17-18H2,1-2H3/t19?,23-/m1/s1. The highest BCUT2D eigenvalue weighted by Gasteiger charge is 2.24. The fraction of sp³-hybridized carbons (Fsp3) is 0.462. The van der Waals surface area contributed by atoms with Crippen LogP contribution >= 0.6 is 11.6 Å². The van der Waals surface area contributed by atoms with Crippen molar-refractivity contribution in [3.8, 4) is 5.75 Å². The summed E-state index contributed by atoms with van der Waals surface area (Å²) >= 11 is 6.64. The maximum atomic E-state index is 11.5. The molecule has 2 aromatic heterocycles. The number of aromatic nitrogens is 4. The summed E-state index contributed by atoms with van der Waals surface area (Å²) in [6.45, 7) is 7.18. The predicted molar refractivity (Wildman–Crippen MR) is 132 cm³/mol. The first kappa shape index (κ1) is 24.4. The molecule has 180 valence electrons. The molecular formula is C26H32ClN5O2. The van der Waals surface area contributed by atoms with Gasteiger partial charge in [-0.05, 0) is 61.4 Å². The Labute approximate surface area is 206 Å². The van der Waals surface area contributed by atoms with Crippen molar-refractivity contribution in [2.24, 2.45) is 0 Å². The zero-order valence-corrected chi connectivity index (χ0v) is 20.6. The van der Waals surface area contributed by atoms with E-state index in [2.05, 4.69) is 33.2 Å². The van der Waals surface area contributed by atoms with Crippen LogP contribution in [0.3, 0.4) is 0 Å². The summed E-state index contributed by atoms with van der Waals surface area (Å²) < 4.78 is 8.02. The molecular weight excluding hydrogens is 450 g/mol. The highest BCUT2D eigenvalue weighted by Crippen LogP contribution is 2.30. The van der Waals surface area contributed by atoms with Crippen LogP contribution in [0.4, 0.5) is 0 Å². The monoisotopic (exact) mass is 481 g/mol. The van der Waals surface area contributed by atoms with Crippen molar-refractivity contribution in [1.29, 1.82) is 0 Å². The summed E-state index contributed by atoms with van der Waals surface area (Å²) in [5.74, 6) is 0.973. The second kappa shape index (κ2) is 11.6. The highest BCUT2D eigenvalue weighted by atomic mass is 35.5. The summed E-state index contributed by atoms with van der Waals surface area (Å²) in [7, 11) is 0. The number of halogens is 1. The van der Waals surface area contributed by atoms with Gasteiger partial charge in [0.1, 0.15) is 18.1 Å². The Bertz CT molecular complexity index is 1100. The minimum Gasteiger partial charge on any atom is -0.487 e. The van der Waals surface area contributed by atoms with Gasteiger partial charge in [0, 0.05) is 50.0 Å². The maximum absolute atomic E-state index is 11.5. The molecule has 0 fully saturated rings. The van der Waals surface area contributed by atoms with Crippen LogP contribution in [-0.4, -0.2) is 43.8 Å². The van der Waals surface area contributed by atoms with E-state index in [9.17, 15) is 4.79 Å². The lowest BCUT2D eigenvalue weighted by atomic mass is 9.90. The summed E-state index contributed by atoms with van der Waals surface area (Å²) in [5.41, 5.74) is 4.09. The van der Waals surface area contributed by atoms with Crippen LogP contribution in [0.5, 0.6) is 5.75 Å². The minimum atomic E-state index is 0.103. The van der Waals surface area contributed by atoms with Crippen molar-refractivity contribution < 1.29 is 9.53 Å². The molecule has 1 aliphatic heterocycles. The Hall–Kier alpha value is -2.77. The molecule has 1 aliphatic rings. The van der Waals surface area contributed by atoms with Gasteiger partial charge in [-0.2, -0.15) is 0 Å². The van der Waals surface area contributed by atoms with Gasteiger partial charge in [0.15, 0.2) is 0 Å². The number of pyridine rings is 1. The lowest BCUT2D eigenvalue weighted by Gasteiger charge is -2.24. The summed E-state index contributed by atoms with van der Waals surface area (Å²) in [6.07, 6.45) is 7.88. The van der Waals surface area contributed by atoms with Crippen molar-refractivity contribution >= 4 is 17.9 Å². The minimum absolute atomic E-state index is 0.103.